The van der Waals surface area contributed by atoms with Crippen LogP contribution in [0.15, 0.2) is 29.1 Å². The van der Waals surface area contributed by atoms with Crippen LogP contribution in [0.3, 0.4) is 0 Å². The molecule has 25 heavy (non-hydrogen) atoms. The van der Waals surface area contributed by atoms with Crippen molar-refractivity contribution >= 4 is 17.5 Å². The van der Waals surface area contributed by atoms with Crippen molar-refractivity contribution in [1.82, 2.24) is 19.7 Å². The van der Waals surface area contributed by atoms with Crippen molar-refractivity contribution in [3.8, 4) is 11.4 Å². The third kappa shape index (κ3) is 4.40. The average molecular weight is 379 g/mol. The molecule has 1 aromatic carbocycles. The summed E-state index contributed by atoms with van der Waals surface area (Å²) in [6, 6.07) is 5.88. The van der Waals surface area contributed by atoms with E-state index in [0.29, 0.717) is 15.2 Å². The monoisotopic (exact) mass is 378 g/mol. The number of likely N-dealkylation sites (N-methyl/N-ethyl adjacent to an activating group) is 1. The van der Waals surface area contributed by atoms with Crippen LogP contribution in [0.25, 0.3) is 11.4 Å². The van der Waals surface area contributed by atoms with E-state index in [9.17, 15) is 27.9 Å². The molecule has 0 bridgehead atoms. The molecule has 2 rings (SSSR count). The molecule has 7 nitrogen and oxygen atoms in total. The zero-order chi connectivity index (χ0) is 18.8. The first-order valence-electron chi connectivity index (χ1n) is 7.02. The third-order valence-corrected chi connectivity index (χ3v) is 3.58. The minimum absolute atomic E-state index is 0.117. The van der Waals surface area contributed by atoms with E-state index >= 15 is 0 Å². The van der Waals surface area contributed by atoms with Crippen molar-refractivity contribution in [1.29, 1.82) is 0 Å². The summed E-state index contributed by atoms with van der Waals surface area (Å²) in [5.41, 5.74) is -0.636. The second-order valence-electron chi connectivity index (χ2n) is 5.11. The van der Waals surface area contributed by atoms with Crippen LogP contribution in [0.5, 0.6) is 0 Å². The molecule has 11 heteroatoms. The molecule has 0 radical (unpaired) electrons. The average Bonchev–Trinajstić information content (AvgIpc) is 2.84. The van der Waals surface area contributed by atoms with Gasteiger partial charge in [-0.25, -0.2) is 9.48 Å². The van der Waals surface area contributed by atoms with Gasteiger partial charge in [0.25, 0.3) is 0 Å². The zero-order valence-corrected chi connectivity index (χ0v) is 13.7. The fourth-order valence-corrected chi connectivity index (χ4v) is 2.14. The van der Waals surface area contributed by atoms with Crippen molar-refractivity contribution in [2.45, 2.75) is 25.4 Å². The van der Waals surface area contributed by atoms with E-state index in [2.05, 4.69) is 10.4 Å². The summed E-state index contributed by atoms with van der Waals surface area (Å²) in [5.74, 6) is -0.667. The van der Waals surface area contributed by atoms with Gasteiger partial charge in [-0.2, -0.15) is 13.2 Å². The summed E-state index contributed by atoms with van der Waals surface area (Å²) in [6.07, 6.45) is -7.66. The summed E-state index contributed by atoms with van der Waals surface area (Å²) in [4.78, 5) is 23.8. The van der Waals surface area contributed by atoms with Crippen LogP contribution in [0, 0.1) is 0 Å². The molecule has 1 amide bonds. The van der Waals surface area contributed by atoms with Crippen molar-refractivity contribution in [2.75, 3.05) is 7.05 Å². The number of carbonyl (C=O) groups is 1. The fraction of sp³-hybridized carbons (Fsp3) is 0.357. The molecule has 136 valence electrons. The van der Waals surface area contributed by atoms with E-state index in [4.69, 9.17) is 11.6 Å². The first-order valence-corrected chi connectivity index (χ1v) is 7.40. The number of aromatic nitrogens is 3. The maximum absolute atomic E-state index is 12.7. The van der Waals surface area contributed by atoms with E-state index in [1.807, 2.05) is 0 Å². The molecule has 0 aliphatic rings. The van der Waals surface area contributed by atoms with E-state index in [-0.39, 0.29) is 5.82 Å². The van der Waals surface area contributed by atoms with E-state index in [1.54, 1.807) is 0 Å². The van der Waals surface area contributed by atoms with Crippen molar-refractivity contribution < 1.29 is 23.1 Å². The van der Waals surface area contributed by atoms with Gasteiger partial charge in [-0.15, -0.1) is 5.10 Å². The summed E-state index contributed by atoms with van der Waals surface area (Å²) < 4.78 is 39.4. The molecule has 1 unspecified atom stereocenters. The molecule has 2 aromatic rings. The Hall–Kier alpha value is -2.33. The van der Waals surface area contributed by atoms with Crippen LogP contribution >= 0.6 is 11.6 Å². The Balaban J connectivity index is 2.51. The molecular weight excluding hydrogens is 365 g/mol. The van der Waals surface area contributed by atoms with Crippen LogP contribution < -0.4 is 11.0 Å². The number of hydrogen-bond acceptors (Lipinski definition) is 4. The number of hydrogen-bond donors (Lipinski definition) is 2. The molecule has 0 fully saturated rings. The highest BCUT2D eigenvalue weighted by atomic mass is 35.5. The predicted molar refractivity (Wildman–Crippen MR) is 83.1 cm³/mol. The van der Waals surface area contributed by atoms with E-state index < -0.39 is 37.0 Å². The van der Waals surface area contributed by atoms with Gasteiger partial charge in [0.1, 0.15) is 6.54 Å². The first kappa shape index (κ1) is 19.0. The van der Waals surface area contributed by atoms with Crippen LogP contribution in [0.1, 0.15) is 0 Å². The van der Waals surface area contributed by atoms with E-state index in [1.165, 1.54) is 31.3 Å². The highest BCUT2D eigenvalue weighted by molar-refractivity contribution is 6.30. The van der Waals surface area contributed by atoms with Crippen molar-refractivity contribution in [2.24, 2.45) is 0 Å². The number of aliphatic hydroxyl groups excluding tert-OH is 1. The zero-order valence-electron chi connectivity index (χ0n) is 12.9. The standard InChI is InChI=1S/C14H14ClF3N4O3/c1-19-11(24)7-22-13(25)21(6-10(23)14(16,17)18)12(20-22)8-2-4-9(15)5-3-8/h2-5,10,23H,6-7H2,1H3,(H,19,24). The smallest absolute Gasteiger partial charge is 0.382 e. The molecule has 1 heterocycles. The van der Waals surface area contributed by atoms with Gasteiger partial charge < -0.3 is 10.4 Å². The second kappa shape index (κ2) is 7.28. The highest BCUT2D eigenvalue weighted by Gasteiger charge is 2.39. The Bertz CT molecular complexity index is 814. The second-order valence-corrected chi connectivity index (χ2v) is 5.55. The Kier molecular flexibility index (Phi) is 5.53. The lowest BCUT2D eigenvalue weighted by Crippen LogP contribution is -2.38. The van der Waals surface area contributed by atoms with Gasteiger partial charge in [0.15, 0.2) is 11.9 Å². The van der Waals surface area contributed by atoms with Gasteiger partial charge >= 0.3 is 11.9 Å². The van der Waals surface area contributed by atoms with Gasteiger partial charge in [0.05, 0.1) is 6.54 Å². The normalized spacial score (nSPS) is 12.9. The summed E-state index contributed by atoms with van der Waals surface area (Å²) in [7, 11) is 1.35. The maximum atomic E-state index is 12.7. The molecule has 0 aliphatic carbocycles. The van der Waals surface area contributed by atoms with Crippen LogP contribution in [0.2, 0.25) is 5.02 Å². The predicted octanol–water partition coefficient (Wildman–Crippen LogP) is 1.03. The summed E-state index contributed by atoms with van der Waals surface area (Å²) >= 11 is 5.77. The number of halogens is 4. The molecule has 2 N–H and O–H groups in total. The first-order chi connectivity index (χ1) is 11.6. The lowest BCUT2D eigenvalue weighted by molar-refractivity contribution is -0.207. The summed E-state index contributed by atoms with van der Waals surface area (Å²) in [6.45, 7) is -1.51. The number of amides is 1. The number of carbonyl (C=O) groups excluding carboxylic acids is 1. The molecule has 0 aliphatic heterocycles. The Morgan fingerprint density at radius 1 is 1.36 bits per heavy atom. The molecule has 0 saturated heterocycles. The molecule has 1 atom stereocenters. The topological polar surface area (TPSA) is 89.2 Å². The third-order valence-electron chi connectivity index (χ3n) is 3.33. The lowest BCUT2D eigenvalue weighted by atomic mass is 10.2. The Labute approximate surface area is 144 Å². The van der Waals surface area contributed by atoms with E-state index in [0.717, 1.165) is 4.68 Å². The largest absolute Gasteiger partial charge is 0.416 e. The van der Waals surface area contributed by atoms with Crippen LogP contribution in [0.4, 0.5) is 13.2 Å². The molecule has 0 saturated carbocycles. The van der Waals surface area contributed by atoms with Gasteiger partial charge in [-0.3, -0.25) is 9.36 Å². The minimum atomic E-state index is -4.90. The number of nitrogens with one attached hydrogen (secondary N) is 1. The molecule has 0 spiro atoms. The lowest BCUT2D eigenvalue weighted by Gasteiger charge is -2.15. The van der Waals surface area contributed by atoms with Gasteiger partial charge in [0, 0.05) is 17.6 Å². The van der Waals surface area contributed by atoms with Crippen molar-refractivity contribution in [3.05, 3.63) is 39.8 Å². The summed E-state index contributed by atoms with van der Waals surface area (Å²) in [5, 5.41) is 15.9. The number of nitrogens with zero attached hydrogens (tertiary/aromatic N) is 3. The quantitative estimate of drug-likeness (QED) is 0.813. The van der Waals surface area contributed by atoms with Gasteiger partial charge in [-0.05, 0) is 24.3 Å². The molecular formula is C14H14ClF3N4O3. The van der Waals surface area contributed by atoms with Gasteiger partial charge in [-0.1, -0.05) is 11.6 Å². The van der Waals surface area contributed by atoms with Crippen LogP contribution in [-0.2, 0) is 17.9 Å². The number of alkyl halides is 3. The molecule has 1 aromatic heterocycles. The fourth-order valence-electron chi connectivity index (χ4n) is 2.01. The Morgan fingerprint density at radius 2 is 1.96 bits per heavy atom. The van der Waals surface area contributed by atoms with Crippen LogP contribution in [-0.4, -0.2) is 44.7 Å². The van der Waals surface area contributed by atoms with Crippen molar-refractivity contribution in [3.63, 3.8) is 0 Å². The number of rotatable bonds is 5. The van der Waals surface area contributed by atoms with Gasteiger partial charge in [0.2, 0.25) is 5.91 Å². The Morgan fingerprint density at radius 3 is 2.48 bits per heavy atom. The minimum Gasteiger partial charge on any atom is -0.382 e. The highest BCUT2D eigenvalue weighted by Crippen LogP contribution is 2.23. The SMILES string of the molecule is CNC(=O)Cn1nc(-c2ccc(Cl)cc2)n(CC(O)C(F)(F)F)c1=O. The maximum Gasteiger partial charge on any atom is 0.416 e. The number of aliphatic hydroxyl groups is 1. The number of benzene rings is 1.